The summed E-state index contributed by atoms with van der Waals surface area (Å²) in [5, 5.41) is 13.3. The molecule has 102 valence electrons. The zero-order chi connectivity index (χ0) is 14.1. The zero-order valence-electron chi connectivity index (χ0n) is 10.2. The van der Waals surface area contributed by atoms with Gasteiger partial charge in [-0.05, 0) is 24.3 Å². The van der Waals surface area contributed by atoms with Gasteiger partial charge >= 0.3 is 6.03 Å². The molecule has 1 atom stereocenters. The lowest BCUT2D eigenvalue weighted by atomic mass is 10.2. The van der Waals surface area contributed by atoms with Crippen LogP contribution in [0.1, 0.15) is 5.69 Å². The topological polar surface area (TPSA) is 88.9 Å². The Hall–Kier alpha value is -2.41. The van der Waals surface area contributed by atoms with Crippen LogP contribution in [-0.4, -0.2) is 33.0 Å². The SMILES string of the molecule is O=C1NC(=O)C(Cc2cn(-c3ccc(Cl)cc3)nn2)N1. The van der Waals surface area contributed by atoms with Gasteiger partial charge in [0.15, 0.2) is 0 Å². The van der Waals surface area contributed by atoms with Crippen molar-refractivity contribution in [2.75, 3.05) is 0 Å². The maximum atomic E-state index is 11.4. The molecule has 1 unspecified atom stereocenters. The molecule has 1 aliphatic rings. The number of nitrogens with one attached hydrogen (secondary N) is 2. The third kappa shape index (κ3) is 2.48. The first-order valence-corrected chi connectivity index (χ1v) is 6.28. The highest BCUT2D eigenvalue weighted by molar-refractivity contribution is 6.30. The van der Waals surface area contributed by atoms with E-state index in [2.05, 4.69) is 20.9 Å². The molecule has 7 nitrogen and oxygen atoms in total. The van der Waals surface area contributed by atoms with Crippen molar-refractivity contribution in [1.29, 1.82) is 0 Å². The van der Waals surface area contributed by atoms with Crippen LogP contribution >= 0.6 is 11.6 Å². The fourth-order valence-electron chi connectivity index (χ4n) is 1.92. The number of benzene rings is 1. The minimum Gasteiger partial charge on any atom is -0.326 e. The molecular formula is C12H10ClN5O2. The number of rotatable bonds is 3. The Morgan fingerprint density at radius 1 is 1.25 bits per heavy atom. The fourth-order valence-corrected chi connectivity index (χ4v) is 2.05. The Balaban J connectivity index is 1.75. The molecule has 1 fully saturated rings. The Morgan fingerprint density at radius 3 is 2.65 bits per heavy atom. The Kier molecular flexibility index (Phi) is 3.11. The van der Waals surface area contributed by atoms with E-state index in [0.29, 0.717) is 17.1 Å². The summed E-state index contributed by atoms with van der Waals surface area (Å²) >= 11 is 5.82. The summed E-state index contributed by atoms with van der Waals surface area (Å²) in [4.78, 5) is 22.5. The fraction of sp³-hybridized carbons (Fsp3) is 0.167. The van der Waals surface area contributed by atoms with Gasteiger partial charge in [-0.15, -0.1) is 5.10 Å². The molecule has 0 radical (unpaired) electrons. The molecule has 20 heavy (non-hydrogen) atoms. The first-order chi connectivity index (χ1) is 9.61. The molecule has 2 N–H and O–H groups in total. The molecule has 2 aromatic rings. The van der Waals surface area contributed by atoms with Gasteiger partial charge in [-0.1, -0.05) is 16.8 Å². The Labute approximate surface area is 118 Å². The van der Waals surface area contributed by atoms with E-state index in [4.69, 9.17) is 11.6 Å². The van der Waals surface area contributed by atoms with Crippen LogP contribution < -0.4 is 10.6 Å². The molecule has 0 aliphatic carbocycles. The lowest BCUT2D eigenvalue weighted by molar-refractivity contribution is -0.120. The van der Waals surface area contributed by atoms with E-state index in [1.165, 1.54) is 0 Å². The summed E-state index contributed by atoms with van der Waals surface area (Å²) in [6, 6.07) is 6.05. The van der Waals surface area contributed by atoms with Gasteiger partial charge in [0.25, 0.3) is 5.91 Å². The predicted octanol–water partition coefficient (Wildman–Crippen LogP) is 0.671. The second-order valence-corrected chi connectivity index (χ2v) is 4.79. The van der Waals surface area contributed by atoms with Gasteiger partial charge in [0.05, 0.1) is 17.6 Å². The van der Waals surface area contributed by atoms with Crippen LogP contribution in [0.2, 0.25) is 5.02 Å². The number of hydrogen-bond acceptors (Lipinski definition) is 4. The van der Waals surface area contributed by atoms with Crippen molar-refractivity contribution in [3.05, 3.63) is 41.2 Å². The van der Waals surface area contributed by atoms with Crippen LogP contribution in [0.5, 0.6) is 0 Å². The van der Waals surface area contributed by atoms with Gasteiger partial charge in [-0.2, -0.15) is 0 Å². The van der Waals surface area contributed by atoms with Crippen molar-refractivity contribution in [2.24, 2.45) is 0 Å². The van der Waals surface area contributed by atoms with Gasteiger partial charge < -0.3 is 5.32 Å². The van der Waals surface area contributed by atoms with Gasteiger partial charge in [-0.25, -0.2) is 9.48 Å². The second kappa shape index (κ2) is 4.93. The number of amides is 3. The molecule has 0 saturated carbocycles. The Morgan fingerprint density at radius 2 is 2.00 bits per heavy atom. The molecule has 0 bridgehead atoms. The van der Waals surface area contributed by atoms with Gasteiger partial charge in [-0.3, -0.25) is 10.1 Å². The molecule has 0 spiro atoms. The van der Waals surface area contributed by atoms with E-state index >= 15 is 0 Å². The van der Waals surface area contributed by atoms with Gasteiger partial charge in [0.1, 0.15) is 6.04 Å². The number of imide groups is 1. The van der Waals surface area contributed by atoms with E-state index in [-0.39, 0.29) is 5.91 Å². The summed E-state index contributed by atoms with van der Waals surface area (Å²) in [5.74, 6) is -0.351. The average Bonchev–Trinajstić information content (AvgIpc) is 2.98. The molecule has 2 heterocycles. The van der Waals surface area contributed by atoms with Crippen molar-refractivity contribution in [3.8, 4) is 5.69 Å². The number of aromatic nitrogens is 3. The van der Waals surface area contributed by atoms with Gasteiger partial charge in [0.2, 0.25) is 0 Å². The first-order valence-electron chi connectivity index (χ1n) is 5.90. The maximum Gasteiger partial charge on any atom is 0.322 e. The van der Waals surface area contributed by atoms with Crippen molar-refractivity contribution in [2.45, 2.75) is 12.5 Å². The third-order valence-corrected chi connectivity index (χ3v) is 3.16. The molecular weight excluding hydrogens is 282 g/mol. The van der Waals surface area contributed by atoms with E-state index in [9.17, 15) is 9.59 Å². The van der Waals surface area contributed by atoms with Crippen LogP contribution in [0.25, 0.3) is 5.69 Å². The van der Waals surface area contributed by atoms with Crippen molar-refractivity contribution < 1.29 is 9.59 Å². The van der Waals surface area contributed by atoms with E-state index in [0.717, 1.165) is 5.69 Å². The standard InChI is InChI=1S/C12H10ClN5O2/c13-7-1-3-9(4-2-7)18-6-8(16-17-18)5-10-11(19)15-12(20)14-10/h1-4,6,10H,5H2,(H2,14,15,19,20). The summed E-state index contributed by atoms with van der Waals surface area (Å²) in [6.45, 7) is 0. The van der Waals surface area contributed by atoms with Crippen LogP contribution in [0, 0.1) is 0 Å². The predicted molar refractivity (Wildman–Crippen MR) is 70.5 cm³/mol. The van der Waals surface area contributed by atoms with E-state index < -0.39 is 12.1 Å². The lowest BCUT2D eigenvalue weighted by Gasteiger charge is -2.02. The maximum absolute atomic E-state index is 11.4. The molecule has 3 rings (SSSR count). The van der Waals surface area contributed by atoms with E-state index in [1.54, 1.807) is 23.0 Å². The molecule has 8 heteroatoms. The number of carbonyl (C=O) groups is 2. The largest absolute Gasteiger partial charge is 0.326 e. The Bertz CT molecular complexity index is 667. The van der Waals surface area contributed by atoms with Crippen LogP contribution in [-0.2, 0) is 11.2 Å². The quantitative estimate of drug-likeness (QED) is 0.814. The van der Waals surface area contributed by atoms with Crippen molar-refractivity contribution >= 4 is 23.5 Å². The second-order valence-electron chi connectivity index (χ2n) is 4.35. The minimum absolute atomic E-state index is 0.297. The minimum atomic E-state index is -0.599. The summed E-state index contributed by atoms with van der Waals surface area (Å²) in [5.41, 5.74) is 1.43. The number of urea groups is 1. The highest BCUT2D eigenvalue weighted by Crippen LogP contribution is 2.13. The highest BCUT2D eigenvalue weighted by Gasteiger charge is 2.30. The van der Waals surface area contributed by atoms with Crippen molar-refractivity contribution in [1.82, 2.24) is 25.6 Å². The van der Waals surface area contributed by atoms with E-state index in [1.807, 2.05) is 12.1 Å². The summed E-state index contributed by atoms with van der Waals surface area (Å²) < 4.78 is 1.58. The normalized spacial score (nSPS) is 17.9. The smallest absolute Gasteiger partial charge is 0.322 e. The average molecular weight is 292 g/mol. The molecule has 3 amide bonds. The summed E-state index contributed by atoms with van der Waals surface area (Å²) in [6.07, 6.45) is 2.01. The van der Waals surface area contributed by atoms with Crippen LogP contribution in [0.4, 0.5) is 4.79 Å². The molecule has 1 aliphatic heterocycles. The number of nitrogens with zero attached hydrogens (tertiary/aromatic N) is 3. The number of halogens is 1. The number of carbonyl (C=O) groups excluding carboxylic acids is 2. The number of hydrogen-bond donors (Lipinski definition) is 2. The lowest BCUT2D eigenvalue weighted by Crippen LogP contribution is -2.31. The van der Waals surface area contributed by atoms with Crippen LogP contribution in [0.3, 0.4) is 0 Å². The van der Waals surface area contributed by atoms with Gasteiger partial charge in [0, 0.05) is 11.4 Å². The van der Waals surface area contributed by atoms with Crippen LogP contribution in [0.15, 0.2) is 30.5 Å². The first kappa shape index (κ1) is 12.6. The third-order valence-electron chi connectivity index (χ3n) is 2.90. The molecule has 1 aromatic heterocycles. The monoisotopic (exact) mass is 291 g/mol. The highest BCUT2D eigenvalue weighted by atomic mass is 35.5. The summed E-state index contributed by atoms with van der Waals surface area (Å²) in [7, 11) is 0. The zero-order valence-corrected chi connectivity index (χ0v) is 11.0. The van der Waals surface area contributed by atoms with Crippen molar-refractivity contribution in [3.63, 3.8) is 0 Å². The molecule has 1 saturated heterocycles. The molecule has 1 aromatic carbocycles.